The van der Waals surface area contributed by atoms with Crippen molar-refractivity contribution in [2.24, 2.45) is 5.41 Å². The van der Waals surface area contributed by atoms with Crippen LogP contribution in [0.4, 0.5) is 0 Å². The molecule has 0 aliphatic rings. The minimum absolute atomic E-state index is 0.0110. The first-order chi connectivity index (χ1) is 5.38. The van der Waals surface area contributed by atoms with Crippen LogP contribution >= 0.6 is 0 Å². The minimum atomic E-state index is -0.572. The number of Topliss-reactive ketones (excluding diaryl/α,β-unsaturated/α-hetero) is 1. The maximum atomic E-state index is 11.2. The van der Waals surface area contributed by atoms with Crippen LogP contribution in [0.5, 0.6) is 0 Å². The fourth-order valence-electron chi connectivity index (χ4n) is 0.500. The average molecular weight is 173 g/mol. The molecule has 0 aliphatic heterocycles. The van der Waals surface area contributed by atoms with Crippen molar-refractivity contribution in [1.29, 1.82) is 0 Å². The van der Waals surface area contributed by atoms with Crippen molar-refractivity contribution in [2.75, 3.05) is 13.2 Å². The fraction of sp³-hybridized carbons (Fsp3) is 0.750. The van der Waals surface area contributed by atoms with E-state index in [2.05, 4.69) is 5.32 Å². The smallest absolute Gasteiger partial charge is 0.246 e. The van der Waals surface area contributed by atoms with E-state index in [1.165, 1.54) is 0 Å². The molecular formula is C8H15NO3. The van der Waals surface area contributed by atoms with E-state index in [9.17, 15) is 9.59 Å². The maximum absolute atomic E-state index is 11.2. The van der Waals surface area contributed by atoms with Crippen LogP contribution in [0.3, 0.4) is 0 Å². The highest BCUT2D eigenvalue weighted by Gasteiger charge is 2.20. The first-order valence-electron chi connectivity index (χ1n) is 3.79. The molecule has 0 rings (SSSR count). The van der Waals surface area contributed by atoms with E-state index in [0.29, 0.717) is 0 Å². The fourth-order valence-corrected chi connectivity index (χ4v) is 0.500. The molecule has 0 bridgehead atoms. The van der Waals surface area contributed by atoms with E-state index in [1.54, 1.807) is 20.8 Å². The van der Waals surface area contributed by atoms with Crippen molar-refractivity contribution >= 4 is 11.7 Å². The molecular weight excluding hydrogens is 158 g/mol. The lowest BCUT2D eigenvalue weighted by atomic mass is 9.91. The lowest BCUT2D eigenvalue weighted by Gasteiger charge is -2.16. The highest BCUT2D eigenvalue weighted by Crippen LogP contribution is 2.13. The molecule has 4 nitrogen and oxygen atoms in total. The second kappa shape index (κ2) is 4.21. The quantitative estimate of drug-likeness (QED) is 0.616. The molecule has 0 atom stereocenters. The Morgan fingerprint density at radius 1 is 1.33 bits per heavy atom. The molecule has 0 heterocycles. The minimum Gasteiger partial charge on any atom is -0.387 e. The van der Waals surface area contributed by atoms with E-state index >= 15 is 0 Å². The molecule has 12 heavy (non-hydrogen) atoms. The number of rotatable bonds is 3. The van der Waals surface area contributed by atoms with Gasteiger partial charge in [-0.15, -0.1) is 0 Å². The zero-order valence-corrected chi connectivity index (χ0v) is 7.68. The van der Waals surface area contributed by atoms with Crippen LogP contribution in [0.25, 0.3) is 0 Å². The summed E-state index contributed by atoms with van der Waals surface area (Å²) in [7, 11) is 0. The Hall–Kier alpha value is -0.900. The standard InChI is InChI=1S/C8H15NO3/c1-8(2,3)6(11)4-9-7(12)5-10/h10H,4-5H2,1-3H3,(H,9,12). The predicted octanol–water partition coefficient (Wildman–Crippen LogP) is -0.290. The van der Waals surface area contributed by atoms with E-state index in [0.717, 1.165) is 0 Å². The van der Waals surface area contributed by atoms with Crippen LogP contribution in [0.2, 0.25) is 0 Å². The van der Waals surface area contributed by atoms with Gasteiger partial charge in [-0.3, -0.25) is 9.59 Å². The van der Waals surface area contributed by atoms with Crippen molar-refractivity contribution in [3.8, 4) is 0 Å². The Morgan fingerprint density at radius 3 is 2.17 bits per heavy atom. The van der Waals surface area contributed by atoms with E-state index in [-0.39, 0.29) is 12.3 Å². The summed E-state index contributed by atoms with van der Waals surface area (Å²) < 4.78 is 0. The monoisotopic (exact) mass is 173 g/mol. The molecule has 0 aromatic heterocycles. The van der Waals surface area contributed by atoms with Gasteiger partial charge in [0.1, 0.15) is 6.61 Å². The van der Waals surface area contributed by atoms with E-state index < -0.39 is 17.9 Å². The highest BCUT2D eigenvalue weighted by molar-refractivity contribution is 5.89. The van der Waals surface area contributed by atoms with Gasteiger partial charge in [-0.25, -0.2) is 0 Å². The molecule has 1 amide bonds. The summed E-state index contributed by atoms with van der Waals surface area (Å²) in [6.45, 7) is 4.75. The van der Waals surface area contributed by atoms with Crippen LogP contribution < -0.4 is 5.32 Å². The summed E-state index contributed by atoms with van der Waals surface area (Å²) >= 11 is 0. The van der Waals surface area contributed by atoms with Gasteiger partial charge in [-0.05, 0) is 0 Å². The number of carbonyl (C=O) groups is 2. The summed E-state index contributed by atoms with van der Waals surface area (Å²) in [5.74, 6) is -0.572. The first kappa shape index (κ1) is 11.1. The molecule has 0 unspecified atom stereocenters. The van der Waals surface area contributed by atoms with Crippen LogP contribution in [0.15, 0.2) is 0 Å². The van der Waals surface area contributed by atoms with Crippen LogP contribution in [0.1, 0.15) is 20.8 Å². The van der Waals surface area contributed by atoms with Gasteiger partial charge in [0.05, 0.1) is 6.54 Å². The van der Waals surface area contributed by atoms with Gasteiger partial charge in [0.2, 0.25) is 5.91 Å². The van der Waals surface area contributed by atoms with Crippen molar-refractivity contribution in [3.63, 3.8) is 0 Å². The van der Waals surface area contributed by atoms with E-state index in [1.807, 2.05) is 0 Å². The van der Waals surface area contributed by atoms with Gasteiger partial charge in [0.15, 0.2) is 5.78 Å². The normalized spacial score (nSPS) is 11.0. The Morgan fingerprint density at radius 2 is 1.83 bits per heavy atom. The zero-order valence-electron chi connectivity index (χ0n) is 7.68. The second-order valence-electron chi connectivity index (χ2n) is 3.61. The van der Waals surface area contributed by atoms with Gasteiger partial charge in [0, 0.05) is 5.41 Å². The number of ketones is 1. The number of amides is 1. The third-order valence-electron chi connectivity index (χ3n) is 1.43. The molecule has 0 aromatic rings. The van der Waals surface area contributed by atoms with Crippen molar-refractivity contribution in [3.05, 3.63) is 0 Å². The summed E-state index contributed by atoms with van der Waals surface area (Å²) in [5, 5.41) is 10.6. The molecule has 0 saturated carbocycles. The number of nitrogens with one attached hydrogen (secondary N) is 1. The van der Waals surface area contributed by atoms with Crippen molar-refractivity contribution in [1.82, 2.24) is 5.32 Å². The summed E-state index contributed by atoms with van der Waals surface area (Å²) in [5.41, 5.74) is -0.442. The van der Waals surface area contributed by atoms with Gasteiger partial charge in [0.25, 0.3) is 0 Å². The Bertz CT molecular complexity index is 181. The number of carbonyl (C=O) groups excluding carboxylic acids is 2. The van der Waals surface area contributed by atoms with Crippen LogP contribution in [-0.2, 0) is 9.59 Å². The lowest BCUT2D eigenvalue weighted by molar-refractivity contribution is -0.130. The van der Waals surface area contributed by atoms with Gasteiger partial charge >= 0.3 is 0 Å². The molecule has 2 N–H and O–H groups in total. The van der Waals surface area contributed by atoms with Crippen molar-refractivity contribution in [2.45, 2.75) is 20.8 Å². The number of hydrogen-bond acceptors (Lipinski definition) is 3. The van der Waals surface area contributed by atoms with Gasteiger partial charge < -0.3 is 10.4 Å². The first-order valence-corrected chi connectivity index (χ1v) is 3.79. The summed E-state index contributed by atoms with van der Waals surface area (Å²) in [6, 6.07) is 0. The molecule has 0 fully saturated rings. The third kappa shape index (κ3) is 4.08. The number of aliphatic hydroxyl groups is 1. The average Bonchev–Trinajstić information content (AvgIpc) is 1.97. The lowest BCUT2D eigenvalue weighted by Crippen LogP contribution is -2.36. The topological polar surface area (TPSA) is 66.4 Å². The molecule has 4 heteroatoms. The Labute approximate surface area is 72.0 Å². The van der Waals surface area contributed by atoms with Crippen molar-refractivity contribution < 1.29 is 14.7 Å². The van der Waals surface area contributed by atoms with Gasteiger partial charge in [-0.1, -0.05) is 20.8 Å². The van der Waals surface area contributed by atoms with E-state index in [4.69, 9.17) is 5.11 Å². The third-order valence-corrected chi connectivity index (χ3v) is 1.43. The zero-order chi connectivity index (χ0) is 9.78. The largest absolute Gasteiger partial charge is 0.387 e. The SMILES string of the molecule is CC(C)(C)C(=O)CNC(=O)CO. The molecule has 0 saturated heterocycles. The molecule has 0 aliphatic carbocycles. The van der Waals surface area contributed by atoms with Gasteiger partial charge in [-0.2, -0.15) is 0 Å². The second-order valence-corrected chi connectivity index (χ2v) is 3.61. The Balaban J connectivity index is 3.81. The molecule has 70 valence electrons. The highest BCUT2D eigenvalue weighted by atomic mass is 16.3. The molecule has 0 aromatic carbocycles. The predicted molar refractivity (Wildman–Crippen MR) is 44.6 cm³/mol. The molecule has 0 radical (unpaired) electrons. The summed E-state index contributed by atoms with van der Waals surface area (Å²) in [4.78, 5) is 21.7. The number of aliphatic hydroxyl groups excluding tert-OH is 1. The van der Waals surface area contributed by atoms with Crippen LogP contribution in [-0.4, -0.2) is 29.9 Å². The summed E-state index contributed by atoms with van der Waals surface area (Å²) in [6.07, 6.45) is 0. The number of hydrogen-bond donors (Lipinski definition) is 2. The Kier molecular flexibility index (Phi) is 3.89. The van der Waals surface area contributed by atoms with Crippen LogP contribution in [0, 0.1) is 5.41 Å². The maximum Gasteiger partial charge on any atom is 0.246 e. The molecule has 0 spiro atoms.